The van der Waals surface area contributed by atoms with Gasteiger partial charge >= 0.3 is 0 Å². The van der Waals surface area contributed by atoms with Gasteiger partial charge in [-0.25, -0.2) is 9.98 Å². The number of halogens is 1. The summed E-state index contributed by atoms with van der Waals surface area (Å²) in [6.45, 7) is 12.1. The summed E-state index contributed by atoms with van der Waals surface area (Å²) in [5.41, 5.74) is 2.21. The van der Waals surface area contributed by atoms with E-state index in [4.69, 9.17) is 13.9 Å². The fraction of sp³-hybridized carbons (Fsp3) is 0.565. The molecule has 0 spiro atoms. The Kier molecular flexibility index (Phi) is 10.1. The van der Waals surface area contributed by atoms with Crippen LogP contribution in [0.1, 0.15) is 49.6 Å². The second-order valence-electron chi connectivity index (χ2n) is 7.65. The molecule has 2 heterocycles. The van der Waals surface area contributed by atoms with Crippen LogP contribution in [-0.4, -0.2) is 43.9 Å². The molecule has 0 radical (unpaired) electrons. The predicted octanol–water partition coefficient (Wildman–Crippen LogP) is 4.11. The van der Waals surface area contributed by atoms with Gasteiger partial charge < -0.3 is 24.5 Å². The van der Waals surface area contributed by atoms with E-state index in [0.717, 1.165) is 62.3 Å². The number of rotatable bonds is 8. The number of aromatic nitrogens is 1. The minimum Gasteiger partial charge on any atom is -0.494 e. The molecule has 0 amide bonds. The Balaban J connectivity index is 0.00000341. The lowest BCUT2D eigenvalue weighted by Crippen LogP contribution is -2.48. The maximum absolute atomic E-state index is 5.66. The zero-order chi connectivity index (χ0) is 21.4. The van der Waals surface area contributed by atoms with Crippen LogP contribution in [-0.2, 0) is 16.7 Å². The minimum absolute atomic E-state index is 0. The highest BCUT2D eigenvalue weighted by atomic mass is 127. The van der Waals surface area contributed by atoms with Crippen LogP contribution >= 0.6 is 24.0 Å². The molecule has 7 nitrogen and oxygen atoms in total. The number of nitrogens with zero attached hydrogens (tertiary/aromatic N) is 2. The van der Waals surface area contributed by atoms with Crippen LogP contribution in [0.25, 0.3) is 0 Å². The zero-order valence-corrected chi connectivity index (χ0v) is 21.3. The van der Waals surface area contributed by atoms with E-state index < -0.39 is 0 Å². The van der Waals surface area contributed by atoms with Gasteiger partial charge in [-0.2, -0.15) is 0 Å². The average molecular weight is 542 g/mol. The Morgan fingerprint density at radius 1 is 1.13 bits per heavy atom. The van der Waals surface area contributed by atoms with Crippen LogP contribution in [0.15, 0.2) is 33.7 Å². The molecule has 2 N–H and O–H groups in total. The minimum atomic E-state index is -0.00467. The SMILES string of the molecule is CCNC(=NCc1nc(C)c(C)o1)NCC1(c2ccc(OCC)cc2)CCOCC1.I. The van der Waals surface area contributed by atoms with Gasteiger partial charge in [0.1, 0.15) is 18.1 Å². The average Bonchev–Trinajstić information content (AvgIpc) is 3.09. The molecule has 3 rings (SSSR count). The van der Waals surface area contributed by atoms with Crippen molar-refractivity contribution in [2.75, 3.05) is 32.9 Å². The first kappa shape index (κ1) is 25.5. The Bertz CT molecular complexity index is 810. The van der Waals surface area contributed by atoms with E-state index in [-0.39, 0.29) is 29.4 Å². The van der Waals surface area contributed by atoms with Crippen LogP contribution in [0.2, 0.25) is 0 Å². The maximum atomic E-state index is 5.66. The topological polar surface area (TPSA) is 80.9 Å². The summed E-state index contributed by atoms with van der Waals surface area (Å²) < 4.78 is 16.9. The van der Waals surface area contributed by atoms with Crippen molar-refractivity contribution in [3.63, 3.8) is 0 Å². The van der Waals surface area contributed by atoms with Crippen molar-refractivity contribution in [2.24, 2.45) is 4.99 Å². The number of hydrogen-bond donors (Lipinski definition) is 2. The van der Waals surface area contributed by atoms with E-state index in [1.54, 1.807) is 0 Å². The summed E-state index contributed by atoms with van der Waals surface area (Å²) in [6, 6.07) is 8.48. The van der Waals surface area contributed by atoms with Crippen LogP contribution in [0.3, 0.4) is 0 Å². The number of hydrogen-bond acceptors (Lipinski definition) is 5. The van der Waals surface area contributed by atoms with E-state index in [2.05, 4.69) is 51.8 Å². The number of guanidine groups is 1. The molecule has 1 fully saturated rings. The van der Waals surface area contributed by atoms with Gasteiger partial charge in [-0.05, 0) is 58.2 Å². The molecule has 0 aliphatic carbocycles. The third-order valence-electron chi connectivity index (χ3n) is 5.61. The molecule has 1 aromatic carbocycles. The molecule has 1 aromatic heterocycles. The van der Waals surface area contributed by atoms with Crippen LogP contribution in [0.4, 0.5) is 0 Å². The third kappa shape index (κ3) is 6.83. The summed E-state index contributed by atoms with van der Waals surface area (Å²) in [5.74, 6) is 3.15. The molecule has 0 unspecified atom stereocenters. The third-order valence-corrected chi connectivity index (χ3v) is 5.61. The van der Waals surface area contributed by atoms with E-state index in [0.29, 0.717) is 19.0 Å². The van der Waals surface area contributed by atoms with E-state index >= 15 is 0 Å². The normalized spacial score (nSPS) is 15.8. The van der Waals surface area contributed by atoms with Crippen molar-refractivity contribution >= 4 is 29.9 Å². The summed E-state index contributed by atoms with van der Waals surface area (Å²) in [4.78, 5) is 9.09. The summed E-state index contributed by atoms with van der Waals surface area (Å²) in [5, 5.41) is 6.87. The maximum Gasteiger partial charge on any atom is 0.216 e. The standard InChI is InChI=1S/C23H34N4O3.HI/c1-5-24-22(25-15-21-27-17(3)18(4)30-21)26-16-23(11-13-28-14-12-23)19-7-9-20(10-8-19)29-6-2;/h7-10H,5-6,11-16H2,1-4H3,(H2,24,25,26);1H. The quantitative estimate of drug-likeness (QED) is 0.297. The van der Waals surface area contributed by atoms with E-state index in [1.807, 2.05) is 20.8 Å². The number of benzene rings is 1. The molecule has 172 valence electrons. The largest absolute Gasteiger partial charge is 0.494 e. The second kappa shape index (κ2) is 12.3. The first-order valence-corrected chi connectivity index (χ1v) is 10.8. The Morgan fingerprint density at radius 3 is 2.42 bits per heavy atom. The van der Waals surface area contributed by atoms with Gasteiger partial charge in [-0.1, -0.05) is 12.1 Å². The molecule has 31 heavy (non-hydrogen) atoms. The monoisotopic (exact) mass is 542 g/mol. The number of nitrogens with one attached hydrogen (secondary N) is 2. The highest BCUT2D eigenvalue weighted by molar-refractivity contribution is 14.0. The Labute approximate surface area is 202 Å². The molecule has 2 aromatic rings. The van der Waals surface area contributed by atoms with Crippen LogP contribution in [0.5, 0.6) is 5.75 Å². The zero-order valence-electron chi connectivity index (χ0n) is 19.0. The number of aryl methyl sites for hydroxylation is 2. The van der Waals surface area contributed by atoms with Gasteiger partial charge in [0.05, 0.1) is 12.3 Å². The number of aliphatic imine (C=N–C) groups is 1. The first-order valence-electron chi connectivity index (χ1n) is 10.8. The molecule has 0 atom stereocenters. The van der Waals surface area contributed by atoms with Crippen molar-refractivity contribution in [3.05, 3.63) is 47.2 Å². The molecule has 0 saturated carbocycles. The molecule has 1 aliphatic heterocycles. The molecule has 0 bridgehead atoms. The van der Waals surface area contributed by atoms with Crippen molar-refractivity contribution in [1.29, 1.82) is 0 Å². The number of oxazole rings is 1. The smallest absolute Gasteiger partial charge is 0.216 e. The van der Waals surface area contributed by atoms with Crippen LogP contribution in [0, 0.1) is 13.8 Å². The van der Waals surface area contributed by atoms with Gasteiger partial charge in [-0.15, -0.1) is 24.0 Å². The highest BCUT2D eigenvalue weighted by Crippen LogP contribution is 2.35. The van der Waals surface area contributed by atoms with Crippen molar-refractivity contribution in [3.8, 4) is 5.75 Å². The predicted molar refractivity (Wildman–Crippen MR) is 134 cm³/mol. The molecular formula is C23H35IN4O3. The molecule has 8 heteroatoms. The molecule has 1 saturated heterocycles. The molecule has 1 aliphatic rings. The second-order valence-corrected chi connectivity index (χ2v) is 7.65. The Hall–Kier alpha value is -1.81. The van der Waals surface area contributed by atoms with Gasteiger partial charge in [0, 0.05) is 31.7 Å². The van der Waals surface area contributed by atoms with Crippen molar-refractivity contribution < 1.29 is 13.9 Å². The lowest BCUT2D eigenvalue weighted by Gasteiger charge is -2.38. The fourth-order valence-electron chi connectivity index (χ4n) is 3.75. The Morgan fingerprint density at radius 2 is 1.84 bits per heavy atom. The summed E-state index contributed by atoms with van der Waals surface area (Å²) >= 11 is 0. The highest BCUT2D eigenvalue weighted by Gasteiger charge is 2.34. The lowest BCUT2D eigenvalue weighted by atomic mass is 9.74. The van der Waals surface area contributed by atoms with Gasteiger partial charge in [0.2, 0.25) is 5.89 Å². The summed E-state index contributed by atoms with van der Waals surface area (Å²) in [7, 11) is 0. The first-order chi connectivity index (χ1) is 14.6. The fourth-order valence-corrected chi connectivity index (χ4v) is 3.75. The van der Waals surface area contributed by atoms with Gasteiger partial charge in [-0.3, -0.25) is 0 Å². The van der Waals surface area contributed by atoms with Crippen LogP contribution < -0.4 is 15.4 Å². The van der Waals surface area contributed by atoms with E-state index in [9.17, 15) is 0 Å². The van der Waals surface area contributed by atoms with Gasteiger partial charge in [0.25, 0.3) is 0 Å². The van der Waals surface area contributed by atoms with Gasteiger partial charge in [0.15, 0.2) is 5.96 Å². The van der Waals surface area contributed by atoms with Crippen molar-refractivity contribution in [2.45, 2.75) is 52.5 Å². The summed E-state index contributed by atoms with van der Waals surface area (Å²) in [6.07, 6.45) is 1.93. The number of ether oxygens (including phenoxy) is 2. The van der Waals surface area contributed by atoms with Crippen molar-refractivity contribution in [1.82, 2.24) is 15.6 Å². The lowest BCUT2D eigenvalue weighted by molar-refractivity contribution is 0.0513. The molecular weight excluding hydrogens is 507 g/mol. The van der Waals surface area contributed by atoms with E-state index in [1.165, 1.54) is 5.56 Å².